The van der Waals surface area contributed by atoms with E-state index in [0.29, 0.717) is 0 Å². The second-order valence-electron chi connectivity index (χ2n) is 4.66. The van der Waals surface area contributed by atoms with E-state index in [1.165, 1.54) is 0 Å². The zero-order chi connectivity index (χ0) is 14.6. The average Bonchev–Trinajstić information content (AvgIpc) is 2.47. The molecule has 0 spiro atoms. The van der Waals surface area contributed by atoms with Crippen molar-refractivity contribution in [2.45, 2.75) is 26.2 Å². The number of nitrogens with one attached hydrogen (secondary N) is 1. The minimum atomic E-state index is 0.755. The predicted molar refractivity (Wildman–Crippen MR) is 86.0 cm³/mol. The first-order valence-corrected chi connectivity index (χ1v) is 7.28. The molecule has 1 N–H and O–H groups in total. The van der Waals surface area contributed by atoms with E-state index in [4.69, 9.17) is 0 Å². The summed E-state index contributed by atoms with van der Waals surface area (Å²) in [6.45, 7) is 8.47. The van der Waals surface area contributed by atoms with Crippen molar-refractivity contribution in [2.75, 3.05) is 26.7 Å². The fraction of sp³-hybridized carbons (Fsp3) is 0.500. The average molecular weight is 274 g/mol. The van der Waals surface area contributed by atoms with Crippen LogP contribution in [0.4, 0.5) is 0 Å². The van der Waals surface area contributed by atoms with E-state index in [1.807, 2.05) is 30.5 Å². The Balaban J connectivity index is 2.46. The second kappa shape index (κ2) is 10.0. The van der Waals surface area contributed by atoms with Crippen molar-refractivity contribution < 1.29 is 0 Å². The van der Waals surface area contributed by atoms with Crippen LogP contribution in [0.5, 0.6) is 0 Å². The van der Waals surface area contributed by atoms with E-state index in [1.54, 1.807) is 0 Å². The maximum Gasteiger partial charge on any atom is 0.193 e. The van der Waals surface area contributed by atoms with Crippen LogP contribution in [0.3, 0.4) is 0 Å². The molecule has 1 aromatic rings. The summed E-state index contributed by atoms with van der Waals surface area (Å²) in [6.07, 6.45) is 6.79. The fourth-order valence-corrected chi connectivity index (χ4v) is 1.87. The van der Waals surface area contributed by atoms with Crippen molar-refractivity contribution in [1.29, 1.82) is 0 Å². The lowest BCUT2D eigenvalue weighted by Crippen LogP contribution is -2.39. The third-order valence-corrected chi connectivity index (χ3v) is 2.95. The molecule has 0 radical (unpaired) electrons. The first-order valence-electron chi connectivity index (χ1n) is 7.28. The Morgan fingerprint density at radius 1 is 1.50 bits per heavy atom. The van der Waals surface area contributed by atoms with Gasteiger partial charge in [0.05, 0.1) is 0 Å². The minimum Gasteiger partial charge on any atom is -0.357 e. The van der Waals surface area contributed by atoms with E-state index >= 15 is 0 Å². The summed E-state index contributed by atoms with van der Waals surface area (Å²) in [7, 11) is 2.07. The van der Waals surface area contributed by atoms with Gasteiger partial charge in [-0.1, -0.05) is 12.1 Å². The van der Waals surface area contributed by atoms with Gasteiger partial charge in [0.2, 0.25) is 0 Å². The summed E-state index contributed by atoms with van der Waals surface area (Å²) in [5, 5.41) is 3.33. The Labute approximate surface area is 122 Å². The van der Waals surface area contributed by atoms with E-state index in [2.05, 4.69) is 40.7 Å². The molecule has 1 heterocycles. The normalized spacial score (nSPS) is 11.2. The molecule has 0 bridgehead atoms. The lowest BCUT2D eigenvalue weighted by atomic mass is 10.3. The third kappa shape index (κ3) is 6.36. The van der Waals surface area contributed by atoms with Gasteiger partial charge in [-0.3, -0.25) is 9.98 Å². The summed E-state index contributed by atoms with van der Waals surface area (Å²) >= 11 is 0. The minimum absolute atomic E-state index is 0.755. The highest BCUT2D eigenvalue weighted by Crippen LogP contribution is 1.97. The molecule has 4 nitrogen and oxygen atoms in total. The number of unbranched alkanes of at least 4 members (excludes halogenated alkanes) is 1. The number of aromatic nitrogens is 1. The highest BCUT2D eigenvalue weighted by atomic mass is 15.3. The monoisotopic (exact) mass is 274 g/mol. The summed E-state index contributed by atoms with van der Waals surface area (Å²) in [4.78, 5) is 11.1. The molecule has 110 valence electrons. The Hall–Kier alpha value is -1.84. The summed E-state index contributed by atoms with van der Waals surface area (Å²) in [5.41, 5.74) is 1.08. The highest BCUT2D eigenvalue weighted by molar-refractivity contribution is 5.79. The lowest BCUT2D eigenvalue weighted by molar-refractivity contribution is 0.470. The number of nitrogens with zero attached hydrogens (tertiary/aromatic N) is 3. The summed E-state index contributed by atoms with van der Waals surface area (Å²) < 4.78 is 0. The molecule has 0 aliphatic carbocycles. The maximum atomic E-state index is 4.65. The standard InChI is InChI=1S/C16H26N4/c1-4-6-9-14-20(3)16(17-5-2)19-13-11-15-10-7-8-12-18-15/h4,7-8,10,12H,1,5-6,9,11,13-14H2,2-3H3,(H,17,19). The zero-order valence-electron chi connectivity index (χ0n) is 12.7. The van der Waals surface area contributed by atoms with Gasteiger partial charge in [-0.05, 0) is 31.9 Å². The van der Waals surface area contributed by atoms with Crippen LogP contribution in [0.25, 0.3) is 0 Å². The molecule has 0 aliphatic rings. The number of aliphatic imine (C=N–C) groups is 1. The van der Waals surface area contributed by atoms with Crippen molar-refractivity contribution in [2.24, 2.45) is 4.99 Å². The van der Waals surface area contributed by atoms with Gasteiger partial charge in [0.15, 0.2) is 5.96 Å². The number of hydrogen-bond donors (Lipinski definition) is 1. The molecule has 0 aromatic carbocycles. The largest absolute Gasteiger partial charge is 0.357 e. The van der Waals surface area contributed by atoms with Gasteiger partial charge in [-0.25, -0.2) is 0 Å². The smallest absolute Gasteiger partial charge is 0.193 e. The van der Waals surface area contributed by atoms with Gasteiger partial charge < -0.3 is 10.2 Å². The lowest BCUT2D eigenvalue weighted by Gasteiger charge is -2.21. The number of hydrogen-bond acceptors (Lipinski definition) is 2. The zero-order valence-corrected chi connectivity index (χ0v) is 12.7. The summed E-state index contributed by atoms with van der Waals surface area (Å²) in [6, 6.07) is 5.99. The fourth-order valence-electron chi connectivity index (χ4n) is 1.87. The Kier molecular flexibility index (Phi) is 8.11. The van der Waals surface area contributed by atoms with Gasteiger partial charge in [-0.2, -0.15) is 0 Å². The molecule has 0 saturated carbocycles. The van der Waals surface area contributed by atoms with Crippen molar-refractivity contribution in [1.82, 2.24) is 15.2 Å². The number of allylic oxidation sites excluding steroid dienone is 1. The first kappa shape index (κ1) is 16.2. The predicted octanol–water partition coefficient (Wildman–Crippen LogP) is 2.49. The highest BCUT2D eigenvalue weighted by Gasteiger charge is 2.04. The molecule has 0 amide bonds. The maximum absolute atomic E-state index is 4.65. The summed E-state index contributed by atoms with van der Waals surface area (Å²) in [5.74, 6) is 0.965. The van der Waals surface area contributed by atoms with Crippen LogP contribution in [0, 0.1) is 0 Å². The number of rotatable bonds is 8. The van der Waals surface area contributed by atoms with Crippen LogP contribution in [-0.4, -0.2) is 42.5 Å². The van der Waals surface area contributed by atoms with E-state index in [-0.39, 0.29) is 0 Å². The van der Waals surface area contributed by atoms with Crippen LogP contribution < -0.4 is 5.32 Å². The second-order valence-corrected chi connectivity index (χ2v) is 4.66. The van der Waals surface area contributed by atoms with E-state index in [9.17, 15) is 0 Å². The SMILES string of the molecule is C=CCCCN(C)C(=NCCc1ccccn1)NCC. The van der Waals surface area contributed by atoms with Crippen LogP contribution >= 0.6 is 0 Å². The molecule has 0 fully saturated rings. The van der Waals surface area contributed by atoms with Crippen LogP contribution in [-0.2, 0) is 6.42 Å². The number of pyridine rings is 1. The Morgan fingerprint density at radius 2 is 2.35 bits per heavy atom. The molecular weight excluding hydrogens is 248 g/mol. The molecule has 0 aliphatic heterocycles. The molecule has 20 heavy (non-hydrogen) atoms. The van der Waals surface area contributed by atoms with Crippen molar-refractivity contribution in [3.05, 3.63) is 42.7 Å². The molecule has 1 aromatic heterocycles. The van der Waals surface area contributed by atoms with E-state index in [0.717, 1.165) is 50.6 Å². The van der Waals surface area contributed by atoms with Crippen LogP contribution in [0.1, 0.15) is 25.5 Å². The topological polar surface area (TPSA) is 40.5 Å². The molecule has 4 heteroatoms. The van der Waals surface area contributed by atoms with Crippen molar-refractivity contribution in [3.63, 3.8) is 0 Å². The van der Waals surface area contributed by atoms with Gasteiger partial charge in [0.25, 0.3) is 0 Å². The molecular formula is C16H26N4. The molecule has 0 saturated heterocycles. The van der Waals surface area contributed by atoms with Gasteiger partial charge >= 0.3 is 0 Å². The van der Waals surface area contributed by atoms with Crippen molar-refractivity contribution in [3.8, 4) is 0 Å². The Bertz CT molecular complexity index is 400. The molecule has 1 rings (SSSR count). The van der Waals surface area contributed by atoms with Gasteiger partial charge in [0, 0.05) is 45.0 Å². The molecule has 0 atom stereocenters. The molecule has 0 unspecified atom stereocenters. The van der Waals surface area contributed by atoms with Gasteiger partial charge in [-0.15, -0.1) is 6.58 Å². The quantitative estimate of drug-likeness (QED) is 0.343. The van der Waals surface area contributed by atoms with Crippen molar-refractivity contribution >= 4 is 5.96 Å². The van der Waals surface area contributed by atoms with Crippen LogP contribution in [0.15, 0.2) is 42.0 Å². The Morgan fingerprint density at radius 3 is 3.00 bits per heavy atom. The number of guanidine groups is 1. The first-order chi connectivity index (χ1) is 9.77. The van der Waals surface area contributed by atoms with E-state index < -0.39 is 0 Å². The van der Waals surface area contributed by atoms with Gasteiger partial charge in [0.1, 0.15) is 0 Å². The third-order valence-electron chi connectivity index (χ3n) is 2.95. The van der Waals surface area contributed by atoms with Crippen LogP contribution in [0.2, 0.25) is 0 Å².